The molecule has 1 aromatic heterocycles. The summed E-state index contributed by atoms with van der Waals surface area (Å²) in [6.45, 7) is 0. The minimum atomic E-state index is -0.438. The van der Waals surface area contributed by atoms with Gasteiger partial charge < -0.3 is 4.42 Å². The molecule has 0 spiro atoms. The normalized spacial score (nSPS) is 19.6. The maximum absolute atomic E-state index is 12.9. The van der Waals surface area contributed by atoms with Gasteiger partial charge in [0.2, 0.25) is 0 Å². The van der Waals surface area contributed by atoms with Crippen LogP contribution in [-0.2, 0) is 4.79 Å². The molecule has 0 bridgehead atoms. The lowest BCUT2D eigenvalue weighted by Gasteiger charge is -2.29. The van der Waals surface area contributed by atoms with Crippen LogP contribution in [0, 0.1) is 10.1 Å². The van der Waals surface area contributed by atoms with Gasteiger partial charge in [0, 0.05) is 18.2 Å². The molecule has 1 aliphatic heterocycles. The Morgan fingerprint density at radius 3 is 2.68 bits per heavy atom. The molecular formula is C20H18N2O4S2. The van der Waals surface area contributed by atoms with Crippen LogP contribution in [0.15, 0.2) is 45.7 Å². The topological polar surface area (TPSA) is 76.6 Å². The van der Waals surface area contributed by atoms with E-state index in [4.69, 9.17) is 16.6 Å². The molecule has 1 amide bonds. The van der Waals surface area contributed by atoms with E-state index >= 15 is 0 Å². The highest BCUT2D eigenvalue weighted by atomic mass is 32.2. The Kier molecular flexibility index (Phi) is 5.32. The third kappa shape index (κ3) is 3.62. The van der Waals surface area contributed by atoms with E-state index in [9.17, 15) is 14.9 Å². The minimum Gasteiger partial charge on any atom is -0.456 e. The number of hydrogen-bond acceptors (Lipinski definition) is 6. The molecule has 0 atom stereocenters. The number of thioether (sulfide) groups is 1. The van der Waals surface area contributed by atoms with Crippen LogP contribution in [0.5, 0.6) is 0 Å². The average Bonchev–Trinajstić information content (AvgIpc) is 3.27. The summed E-state index contributed by atoms with van der Waals surface area (Å²) in [5.74, 6) is 0.782. The molecule has 8 heteroatoms. The van der Waals surface area contributed by atoms with Crippen molar-refractivity contribution in [3.05, 3.63) is 57.2 Å². The predicted molar refractivity (Wildman–Crippen MR) is 113 cm³/mol. The Morgan fingerprint density at radius 2 is 1.93 bits per heavy atom. The molecule has 0 radical (unpaired) electrons. The first kappa shape index (κ1) is 18.9. The van der Waals surface area contributed by atoms with E-state index < -0.39 is 4.92 Å². The zero-order valence-electron chi connectivity index (χ0n) is 15.0. The van der Waals surface area contributed by atoms with E-state index in [1.54, 1.807) is 41.3 Å². The number of amides is 1. The molecule has 2 fully saturated rings. The zero-order valence-corrected chi connectivity index (χ0v) is 16.6. The number of furan rings is 1. The fraction of sp³-hybridized carbons (Fsp3) is 0.300. The molecule has 28 heavy (non-hydrogen) atoms. The molecule has 1 saturated carbocycles. The first-order valence-corrected chi connectivity index (χ1v) is 10.4. The van der Waals surface area contributed by atoms with Crippen LogP contribution in [0.4, 0.5) is 5.69 Å². The highest BCUT2D eigenvalue weighted by Crippen LogP contribution is 2.38. The van der Waals surface area contributed by atoms with Crippen LogP contribution in [0.1, 0.15) is 37.9 Å². The second-order valence-electron chi connectivity index (χ2n) is 6.82. The summed E-state index contributed by atoms with van der Waals surface area (Å²) in [4.78, 5) is 25.9. The fourth-order valence-electron chi connectivity index (χ4n) is 3.68. The Labute approximate surface area is 171 Å². The summed E-state index contributed by atoms with van der Waals surface area (Å²) in [6.07, 6.45) is 7.10. The second kappa shape index (κ2) is 7.89. The largest absolute Gasteiger partial charge is 0.456 e. The Hall–Kier alpha value is -2.45. The van der Waals surface area contributed by atoms with E-state index in [-0.39, 0.29) is 17.6 Å². The number of thiocarbonyl (C=S) groups is 1. The van der Waals surface area contributed by atoms with Gasteiger partial charge in [0.25, 0.3) is 11.6 Å². The van der Waals surface area contributed by atoms with E-state index in [0.29, 0.717) is 26.3 Å². The van der Waals surface area contributed by atoms with Crippen molar-refractivity contribution in [2.45, 2.75) is 38.1 Å². The Morgan fingerprint density at radius 1 is 1.18 bits per heavy atom. The molecule has 2 aliphatic rings. The molecule has 0 unspecified atom stereocenters. The summed E-state index contributed by atoms with van der Waals surface area (Å²) >= 11 is 6.72. The number of carbonyl (C=O) groups excluding carboxylic acids is 1. The van der Waals surface area contributed by atoms with Gasteiger partial charge in [-0.15, -0.1) is 0 Å². The van der Waals surface area contributed by atoms with Gasteiger partial charge in [-0.2, -0.15) is 0 Å². The van der Waals surface area contributed by atoms with Gasteiger partial charge in [-0.25, -0.2) is 0 Å². The lowest BCUT2D eigenvalue weighted by Crippen LogP contribution is -2.39. The Balaban J connectivity index is 1.58. The highest BCUT2D eigenvalue weighted by molar-refractivity contribution is 8.26. The molecule has 6 nitrogen and oxygen atoms in total. The second-order valence-corrected chi connectivity index (χ2v) is 8.50. The minimum absolute atomic E-state index is 0.0213. The number of hydrogen-bond donors (Lipinski definition) is 0. The van der Waals surface area contributed by atoms with Crippen molar-refractivity contribution in [3.63, 3.8) is 0 Å². The molecule has 0 N–H and O–H groups in total. The maximum atomic E-state index is 12.9. The average molecular weight is 415 g/mol. The Bertz CT molecular complexity index is 976. The summed E-state index contributed by atoms with van der Waals surface area (Å²) in [7, 11) is 0. The molecule has 1 aromatic carbocycles. The number of nitrogens with zero attached hydrogens (tertiary/aromatic N) is 2. The monoisotopic (exact) mass is 414 g/mol. The van der Waals surface area contributed by atoms with Crippen LogP contribution in [0.25, 0.3) is 17.4 Å². The lowest BCUT2D eigenvalue weighted by molar-refractivity contribution is -0.384. The van der Waals surface area contributed by atoms with Crippen LogP contribution < -0.4 is 0 Å². The quantitative estimate of drug-likeness (QED) is 0.289. The number of benzene rings is 1. The summed E-state index contributed by atoms with van der Waals surface area (Å²) < 4.78 is 6.37. The first-order chi connectivity index (χ1) is 13.5. The lowest BCUT2D eigenvalue weighted by atomic mass is 9.94. The number of carbonyl (C=O) groups is 1. The van der Waals surface area contributed by atoms with E-state index in [1.165, 1.54) is 24.2 Å². The molecule has 2 aromatic rings. The van der Waals surface area contributed by atoms with Gasteiger partial charge in [0.15, 0.2) is 0 Å². The molecule has 144 valence electrons. The van der Waals surface area contributed by atoms with E-state index in [1.807, 2.05) is 0 Å². The third-order valence-corrected chi connectivity index (χ3v) is 6.36. The SMILES string of the molecule is O=C1C(=Cc2ccc(-c3ccccc3[N+](=O)[O-])o2)SC(=S)N1C1CCCCC1. The first-order valence-electron chi connectivity index (χ1n) is 9.15. The number of rotatable bonds is 4. The van der Waals surface area contributed by atoms with Gasteiger partial charge in [0.1, 0.15) is 15.8 Å². The summed E-state index contributed by atoms with van der Waals surface area (Å²) in [5, 5.41) is 11.2. The van der Waals surface area contributed by atoms with Gasteiger partial charge in [-0.05, 0) is 31.0 Å². The molecule has 4 rings (SSSR count). The van der Waals surface area contributed by atoms with Crippen molar-refractivity contribution in [1.29, 1.82) is 0 Å². The summed E-state index contributed by atoms with van der Waals surface area (Å²) in [5.41, 5.74) is 0.383. The van der Waals surface area contributed by atoms with Crippen molar-refractivity contribution < 1.29 is 14.1 Å². The molecule has 2 heterocycles. The van der Waals surface area contributed by atoms with Crippen molar-refractivity contribution in [3.8, 4) is 11.3 Å². The summed E-state index contributed by atoms with van der Waals surface area (Å²) in [6, 6.07) is 9.99. The van der Waals surface area contributed by atoms with Crippen LogP contribution >= 0.6 is 24.0 Å². The number of nitro groups is 1. The molecule has 1 saturated heterocycles. The fourth-order valence-corrected chi connectivity index (χ4v) is 5.06. The van der Waals surface area contributed by atoms with Crippen molar-refractivity contribution in [1.82, 2.24) is 4.90 Å². The molecular weight excluding hydrogens is 396 g/mol. The highest BCUT2D eigenvalue weighted by Gasteiger charge is 2.37. The predicted octanol–water partition coefficient (Wildman–Crippen LogP) is 5.39. The smallest absolute Gasteiger partial charge is 0.280 e. The standard InChI is InChI=1S/C20H18N2O4S2/c23-19-18(28-20(27)21(19)13-6-2-1-3-7-13)12-14-10-11-17(26-14)15-8-4-5-9-16(15)22(24)25/h4-5,8-13H,1-3,6-7H2. The van der Waals surface area contributed by atoms with Gasteiger partial charge in [0.05, 0.1) is 15.4 Å². The van der Waals surface area contributed by atoms with Crippen LogP contribution in [-0.4, -0.2) is 26.1 Å². The van der Waals surface area contributed by atoms with Crippen molar-refractivity contribution >= 4 is 46.0 Å². The van der Waals surface area contributed by atoms with Gasteiger partial charge in [-0.1, -0.05) is 55.4 Å². The van der Waals surface area contributed by atoms with E-state index in [2.05, 4.69) is 0 Å². The number of para-hydroxylation sites is 1. The van der Waals surface area contributed by atoms with E-state index in [0.717, 1.165) is 25.7 Å². The number of nitro benzene ring substituents is 1. The maximum Gasteiger partial charge on any atom is 0.280 e. The van der Waals surface area contributed by atoms with Crippen LogP contribution in [0.3, 0.4) is 0 Å². The zero-order chi connectivity index (χ0) is 19.7. The third-order valence-electron chi connectivity index (χ3n) is 5.03. The van der Waals surface area contributed by atoms with Crippen molar-refractivity contribution in [2.75, 3.05) is 0 Å². The van der Waals surface area contributed by atoms with Crippen molar-refractivity contribution in [2.24, 2.45) is 0 Å². The van der Waals surface area contributed by atoms with Crippen LogP contribution in [0.2, 0.25) is 0 Å². The molecule has 1 aliphatic carbocycles. The van der Waals surface area contributed by atoms with Gasteiger partial charge in [-0.3, -0.25) is 19.8 Å². The van der Waals surface area contributed by atoms with Gasteiger partial charge >= 0.3 is 0 Å².